The molecule has 0 fully saturated rings. The molecule has 10 aromatic rings. The summed E-state index contributed by atoms with van der Waals surface area (Å²) in [5.41, 5.74) is 17.4. The van der Waals surface area contributed by atoms with E-state index in [0.717, 1.165) is 33.6 Å². The fourth-order valence-electron chi connectivity index (χ4n) is 9.83. The van der Waals surface area contributed by atoms with Crippen LogP contribution >= 0.6 is 0 Å². The molecule has 2 aliphatic rings. The molecule has 0 saturated carbocycles. The summed E-state index contributed by atoms with van der Waals surface area (Å²) in [6.07, 6.45) is 0. The summed E-state index contributed by atoms with van der Waals surface area (Å²) >= 11 is 0. The van der Waals surface area contributed by atoms with Gasteiger partial charge in [-0.1, -0.05) is 176 Å². The lowest BCUT2D eigenvalue weighted by atomic mass is 9.69. The van der Waals surface area contributed by atoms with Crippen LogP contribution < -0.4 is 0 Å². The first-order valence-electron chi connectivity index (χ1n) is 19.7. The molecule has 0 bridgehead atoms. The van der Waals surface area contributed by atoms with Crippen LogP contribution in [0.4, 0.5) is 0 Å². The molecule has 0 aliphatic heterocycles. The molecule has 264 valence electrons. The van der Waals surface area contributed by atoms with Gasteiger partial charge in [0, 0.05) is 16.7 Å². The van der Waals surface area contributed by atoms with Crippen molar-refractivity contribution < 1.29 is 0 Å². The van der Waals surface area contributed by atoms with Crippen molar-refractivity contribution in [3.05, 3.63) is 229 Å². The highest BCUT2D eigenvalue weighted by atomic mass is 14.9. The molecule has 2 heteroatoms. The number of nitrogens with zero attached hydrogens (tertiary/aromatic N) is 2. The Labute approximate surface area is 331 Å². The fourth-order valence-corrected chi connectivity index (χ4v) is 9.83. The van der Waals surface area contributed by atoms with Gasteiger partial charge in [-0.25, -0.2) is 9.97 Å². The predicted molar refractivity (Wildman–Crippen MR) is 235 cm³/mol. The van der Waals surface area contributed by atoms with Gasteiger partial charge in [0.25, 0.3) is 0 Å². The molecule has 0 radical (unpaired) electrons. The molecule has 9 aromatic carbocycles. The molecule has 1 heterocycles. The normalized spacial score (nSPS) is 13.1. The van der Waals surface area contributed by atoms with E-state index in [1.807, 2.05) is 24.3 Å². The van der Waals surface area contributed by atoms with Crippen LogP contribution in [0.2, 0.25) is 0 Å². The lowest BCUT2D eigenvalue weighted by molar-refractivity contribution is 0.796. The highest BCUT2D eigenvalue weighted by molar-refractivity contribution is 6.12. The molecular weight excluding hydrogens is 689 g/mol. The Morgan fingerprint density at radius 2 is 0.842 bits per heavy atom. The fraction of sp³-hybridized carbons (Fsp3) is 0.0182. The van der Waals surface area contributed by atoms with Gasteiger partial charge in [-0.15, -0.1) is 0 Å². The van der Waals surface area contributed by atoms with Gasteiger partial charge in [0.05, 0.1) is 16.8 Å². The Morgan fingerprint density at radius 1 is 0.298 bits per heavy atom. The maximum atomic E-state index is 5.20. The summed E-state index contributed by atoms with van der Waals surface area (Å²) in [6, 6.07) is 75.1. The van der Waals surface area contributed by atoms with Crippen molar-refractivity contribution in [2.45, 2.75) is 5.41 Å². The van der Waals surface area contributed by atoms with Crippen LogP contribution in [0.3, 0.4) is 0 Å². The highest BCUT2D eigenvalue weighted by Crippen LogP contribution is 2.64. The quantitative estimate of drug-likeness (QED) is 0.181. The summed E-state index contributed by atoms with van der Waals surface area (Å²) in [4.78, 5) is 10.3. The first-order valence-corrected chi connectivity index (χ1v) is 19.7. The van der Waals surface area contributed by atoms with Crippen LogP contribution in [0, 0.1) is 0 Å². The number of aromatic nitrogens is 2. The third-order valence-corrected chi connectivity index (χ3v) is 12.3. The number of rotatable bonds is 4. The van der Waals surface area contributed by atoms with Gasteiger partial charge in [-0.3, -0.25) is 0 Å². The minimum Gasteiger partial charge on any atom is -0.228 e. The van der Waals surface area contributed by atoms with E-state index in [4.69, 9.17) is 9.97 Å². The first-order chi connectivity index (χ1) is 28.3. The van der Waals surface area contributed by atoms with E-state index in [1.165, 1.54) is 71.6 Å². The molecule has 0 atom stereocenters. The van der Waals surface area contributed by atoms with Crippen LogP contribution in [0.15, 0.2) is 206 Å². The van der Waals surface area contributed by atoms with E-state index in [9.17, 15) is 0 Å². The van der Waals surface area contributed by atoms with Crippen LogP contribution in [0.25, 0.3) is 88.8 Å². The molecule has 57 heavy (non-hydrogen) atoms. The van der Waals surface area contributed by atoms with E-state index < -0.39 is 5.41 Å². The number of hydrogen-bond acceptors (Lipinski definition) is 2. The Balaban J connectivity index is 1.13. The Kier molecular flexibility index (Phi) is 6.88. The van der Waals surface area contributed by atoms with Gasteiger partial charge in [0.2, 0.25) is 0 Å². The van der Waals surface area contributed by atoms with Crippen molar-refractivity contribution in [2.24, 2.45) is 0 Å². The maximum absolute atomic E-state index is 5.20. The van der Waals surface area contributed by atoms with Crippen LogP contribution in [-0.4, -0.2) is 9.97 Å². The van der Waals surface area contributed by atoms with Gasteiger partial charge in [0.15, 0.2) is 5.82 Å². The Morgan fingerprint density at radius 3 is 1.56 bits per heavy atom. The van der Waals surface area contributed by atoms with Crippen molar-refractivity contribution in [2.75, 3.05) is 0 Å². The van der Waals surface area contributed by atoms with Crippen molar-refractivity contribution >= 4 is 21.5 Å². The van der Waals surface area contributed by atoms with E-state index >= 15 is 0 Å². The summed E-state index contributed by atoms with van der Waals surface area (Å²) in [5.74, 6) is 0.714. The molecule has 0 saturated heterocycles. The molecule has 0 amide bonds. The van der Waals surface area contributed by atoms with E-state index in [1.54, 1.807) is 0 Å². The maximum Gasteiger partial charge on any atom is 0.160 e. The van der Waals surface area contributed by atoms with E-state index in [0.29, 0.717) is 5.82 Å². The van der Waals surface area contributed by atoms with Crippen LogP contribution in [0.1, 0.15) is 22.3 Å². The van der Waals surface area contributed by atoms with Gasteiger partial charge < -0.3 is 0 Å². The standard InChI is InChI=1S/C55H34N2/c1-3-16-35(17-4-1)51-34-52(57-54(56-51)36-18-5-2-6-19-36)40-23-15-22-39(30-40)45-33-50-53(44-27-10-9-24-41(44)45)46-31-37-20-7-8-21-38(37)32-49(46)55(50)47-28-13-11-25-42(47)43-26-12-14-29-48(43)55/h1-34H. The Bertz CT molecular complexity index is 3130. The smallest absolute Gasteiger partial charge is 0.160 e. The zero-order valence-electron chi connectivity index (χ0n) is 31.0. The number of fused-ring (bicyclic) bond motifs is 13. The van der Waals surface area contributed by atoms with E-state index in [-0.39, 0.29) is 0 Å². The van der Waals surface area contributed by atoms with Gasteiger partial charge in [-0.2, -0.15) is 0 Å². The van der Waals surface area contributed by atoms with Crippen molar-refractivity contribution in [3.63, 3.8) is 0 Å². The van der Waals surface area contributed by atoms with Crippen LogP contribution in [0.5, 0.6) is 0 Å². The lowest BCUT2D eigenvalue weighted by Crippen LogP contribution is -2.26. The molecule has 0 unspecified atom stereocenters. The molecule has 1 spiro atoms. The molecule has 12 rings (SSSR count). The predicted octanol–water partition coefficient (Wildman–Crippen LogP) is 13.8. The Hall–Kier alpha value is -7.42. The minimum atomic E-state index is -0.472. The van der Waals surface area contributed by atoms with Gasteiger partial charge in [0.1, 0.15) is 0 Å². The minimum absolute atomic E-state index is 0.472. The molecule has 0 N–H and O–H groups in total. The van der Waals surface area contributed by atoms with Gasteiger partial charge in [-0.05, 0) is 108 Å². The SMILES string of the molecule is c1ccc(-c2cc(-c3cccc(-c4cc5c(c6ccccc46)-c4cc6ccccc6cc4C54c5ccccc5-c5ccccc54)c3)nc(-c3ccccc3)n2)cc1. The summed E-state index contributed by atoms with van der Waals surface area (Å²) in [7, 11) is 0. The molecular formula is C55H34N2. The second-order valence-electron chi connectivity index (χ2n) is 15.3. The second kappa shape index (κ2) is 12.3. The molecule has 2 aliphatic carbocycles. The topological polar surface area (TPSA) is 25.8 Å². The number of benzene rings is 9. The number of hydrogen-bond donors (Lipinski definition) is 0. The average Bonchev–Trinajstić information content (AvgIpc) is 3.75. The third-order valence-electron chi connectivity index (χ3n) is 12.3. The summed E-state index contributed by atoms with van der Waals surface area (Å²) < 4.78 is 0. The summed E-state index contributed by atoms with van der Waals surface area (Å²) in [5, 5.41) is 5.03. The van der Waals surface area contributed by atoms with Crippen molar-refractivity contribution in [3.8, 4) is 67.3 Å². The lowest BCUT2D eigenvalue weighted by Gasteiger charge is -2.31. The third kappa shape index (κ3) is 4.65. The molecule has 2 nitrogen and oxygen atoms in total. The summed E-state index contributed by atoms with van der Waals surface area (Å²) in [6.45, 7) is 0. The zero-order chi connectivity index (χ0) is 37.5. The first kappa shape index (κ1) is 31.9. The highest BCUT2D eigenvalue weighted by Gasteiger charge is 2.52. The monoisotopic (exact) mass is 722 g/mol. The van der Waals surface area contributed by atoms with E-state index in [2.05, 4.69) is 182 Å². The van der Waals surface area contributed by atoms with Crippen molar-refractivity contribution in [1.82, 2.24) is 9.97 Å². The molecule has 1 aromatic heterocycles. The van der Waals surface area contributed by atoms with Gasteiger partial charge >= 0.3 is 0 Å². The largest absolute Gasteiger partial charge is 0.228 e. The van der Waals surface area contributed by atoms with Crippen LogP contribution in [-0.2, 0) is 5.41 Å². The second-order valence-corrected chi connectivity index (χ2v) is 15.3. The average molecular weight is 723 g/mol. The zero-order valence-corrected chi connectivity index (χ0v) is 31.0. The van der Waals surface area contributed by atoms with Crippen molar-refractivity contribution in [1.29, 1.82) is 0 Å².